The van der Waals surface area contributed by atoms with Crippen molar-refractivity contribution in [3.05, 3.63) is 0 Å². The third kappa shape index (κ3) is 5.51. The summed E-state index contributed by atoms with van der Waals surface area (Å²) in [5.41, 5.74) is 0. The van der Waals surface area contributed by atoms with E-state index in [1.165, 1.54) is 4.90 Å². The Hall–Kier alpha value is -0.580. The number of rotatable bonds is 5. The van der Waals surface area contributed by atoms with Gasteiger partial charge in [-0.25, -0.2) is 0 Å². The normalized spacial score (nSPS) is 25.4. The summed E-state index contributed by atoms with van der Waals surface area (Å²) in [4.78, 5) is 13.2. The molecule has 112 valence electrons. The van der Waals surface area contributed by atoms with Gasteiger partial charge < -0.3 is 0 Å². The van der Waals surface area contributed by atoms with E-state index in [0.717, 1.165) is 12.8 Å². The number of carbonyl (C=O) groups is 1. The molecule has 2 atom stereocenters. The molecule has 0 spiro atoms. The molecule has 0 aliphatic heterocycles. The van der Waals surface area contributed by atoms with E-state index in [4.69, 9.17) is 0 Å². The molecule has 0 radical (unpaired) electrons. The zero-order chi connectivity index (χ0) is 14.6. The highest BCUT2D eigenvalue weighted by Crippen LogP contribution is 2.32. The van der Waals surface area contributed by atoms with Gasteiger partial charge in [-0.15, -0.1) is 0 Å². The van der Waals surface area contributed by atoms with Crippen LogP contribution in [0.2, 0.25) is 0 Å². The first kappa shape index (κ1) is 16.5. The Balaban J connectivity index is 2.59. The summed E-state index contributed by atoms with van der Waals surface area (Å²) >= 11 is 0. The predicted octanol–water partition coefficient (Wildman–Crippen LogP) is 3.51. The Morgan fingerprint density at radius 3 is 2.47 bits per heavy atom. The number of halogens is 3. The third-order valence-corrected chi connectivity index (χ3v) is 4.08. The summed E-state index contributed by atoms with van der Waals surface area (Å²) in [5.74, 6) is 0.876. The van der Waals surface area contributed by atoms with E-state index in [1.807, 2.05) is 0 Å². The number of alkyl halides is 3. The van der Waals surface area contributed by atoms with Gasteiger partial charge in [-0.2, -0.15) is 13.2 Å². The van der Waals surface area contributed by atoms with Crippen LogP contribution in [0.1, 0.15) is 40.0 Å². The number of hydrogen-bond acceptors (Lipinski definition) is 2. The molecular weight excluding hydrogens is 255 g/mol. The number of Topliss-reactive ketones (excluding diaryl/α,β-unsaturated/α-hetero) is 1. The smallest absolute Gasteiger partial charge is 0.299 e. The average Bonchev–Trinajstić information content (AvgIpc) is 2.28. The van der Waals surface area contributed by atoms with E-state index in [2.05, 4.69) is 13.8 Å². The number of ketones is 1. The van der Waals surface area contributed by atoms with Crippen LogP contribution in [-0.2, 0) is 4.79 Å². The van der Waals surface area contributed by atoms with Crippen LogP contribution in [0.5, 0.6) is 0 Å². The van der Waals surface area contributed by atoms with E-state index in [-0.39, 0.29) is 18.2 Å². The van der Waals surface area contributed by atoms with Crippen molar-refractivity contribution in [2.45, 2.75) is 46.2 Å². The van der Waals surface area contributed by atoms with Gasteiger partial charge >= 0.3 is 6.18 Å². The number of hydrogen-bond donors (Lipinski definition) is 0. The van der Waals surface area contributed by atoms with Crippen LogP contribution in [0.3, 0.4) is 0 Å². The second kappa shape index (κ2) is 6.73. The topological polar surface area (TPSA) is 20.3 Å². The molecule has 1 aliphatic carbocycles. The molecule has 0 N–H and O–H groups in total. The lowest BCUT2D eigenvalue weighted by molar-refractivity contribution is -0.149. The molecule has 1 fully saturated rings. The summed E-state index contributed by atoms with van der Waals surface area (Å²) in [6.45, 7) is 5.60. The van der Waals surface area contributed by atoms with Crippen molar-refractivity contribution in [2.24, 2.45) is 17.8 Å². The molecule has 2 nitrogen and oxygen atoms in total. The van der Waals surface area contributed by atoms with E-state index < -0.39 is 12.7 Å². The zero-order valence-corrected chi connectivity index (χ0v) is 12.0. The molecule has 2 unspecified atom stereocenters. The van der Waals surface area contributed by atoms with Gasteiger partial charge in [0.25, 0.3) is 0 Å². The minimum Gasteiger partial charge on any atom is -0.299 e. The Morgan fingerprint density at radius 1 is 1.37 bits per heavy atom. The second-order valence-corrected chi connectivity index (χ2v) is 5.88. The van der Waals surface area contributed by atoms with Crippen molar-refractivity contribution < 1.29 is 18.0 Å². The molecule has 1 rings (SSSR count). The lowest BCUT2D eigenvalue weighted by Crippen LogP contribution is -2.41. The van der Waals surface area contributed by atoms with Crippen molar-refractivity contribution in [1.82, 2.24) is 4.90 Å². The molecule has 5 heteroatoms. The van der Waals surface area contributed by atoms with Gasteiger partial charge in [0, 0.05) is 18.9 Å². The van der Waals surface area contributed by atoms with Crippen LogP contribution in [0, 0.1) is 17.8 Å². The molecule has 0 aromatic rings. The van der Waals surface area contributed by atoms with Gasteiger partial charge in [0.2, 0.25) is 0 Å². The molecule has 0 aromatic carbocycles. The van der Waals surface area contributed by atoms with Crippen molar-refractivity contribution in [1.29, 1.82) is 0 Å². The van der Waals surface area contributed by atoms with Crippen LogP contribution in [0.15, 0.2) is 0 Å². The molecule has 0 saturated heterocycles. The third-order valence-electron chi connectivity index (χ3n) is 4.08. The predicted molar refractivity (Wildman–Crippen MR) is 68.8 cm³/mol. The maximum atomic E-state index is 12.4. The highest BCUT2D eigenvalue weighted by atomic mass is 19.4. The lowest BCUT2D eigenvalue weighted by Gasteiger charge is -2.33. The van der Waals surface area contributed by atoms with E-state index in [0.29, 0.717) is 24.8 Å². The maximum Gasteiger partial charge on any atom is 0.401 e. The Bertz CT molecular complexity index is 302. The first-order chi connectivity index (χ1) is 8.73. The van der Waals surface area contributed by atoms with Gasteiger partial charge in [0.05, 0.1) is 6.54 Å². The molecular formula is C14H24F3NO. The summed E-state index contributed by atoms with van der Waals surface area (Å²) in [6.07, 6.45) is -2.04. The summed E-state index contributed by atoms with van der Waals surface area (Å²) < 4.78 is 37.3. The highest BCUT2D eigenvalue weighted by Gasteiger charge is 2.35. The Labute approximate surface area is 113 Å². The van der Waals surface area contributed by atoms with Crippen molar-refractivity contribution in [3.8, 4) is 0 Å². The Morgan fingerprint density at radius 2 is 2.00 bits per heavy atom. The van der Waals surface area contributed by atoms with Crippen molar-refractivity contribution in [2.75, 3.05) is 19.6 Å². The standard InChI is InChI=1S/C14H24F3NO/c1-4-18(9-14(15,16)17)8-12-7-11(10(2)3)5-6-13(12)19/h10-12H,4-9H2,1-3H3. The number of carbonyl (C=O) groups excluding carboxylic acids is 1. The van der Waals surface area contributed by atoms with Crippen LogP contribution in [-0.4, -0.2) is 36.5 Å². The van der Waals surface area contributed by atoms with Gasteiger partial charge in [-0.05, 0) is 31.2 Å². The van der Waals surface area contributed by atoms with E-state index in [9.17, 15) is 18.0 Å². The van der Waals surface area contributed by atoms with Crippen molar-refractivity contribution in [3.63, 3.8) is 0 Å². The fraction of sp³-hybridized carbons (Fsp3) is 0.929. The average molecular weight is 279 g/mol. The largest absolute Gasteiger partial charge is 0.401 e. The molecule has 1 aliphatic rings. The quantitative estimate of drug-likeness (QED) is 0.767. The first-order valence-electron chi connectivity index (χ1n) is 7.04. The summed E-state index contributed by atoms with van der Waals surface area (Å²) in [6, 6.07) is 0. The molecule has 1 saturated carbocycles. The minimum atomic E-state index is -4.19. The van der Waals surface area contributed by atoms with E-state index in [1.54, 1.807) is 6.92 Å². The van der Waals surface area contributed by atoms with Crippen LogP contribution in [0.4, 0.5) is 13.2 Å². The molecule has 0 bridgehead atoms. The first-order valence-corrected chi connectivity index (χ1v) is 7.04. The monoisotopic (exact) mass is 279 g/mol. The second-order valence-electron chi connectivity index (χ2n) is 5.88. The van der Waals surface area contributed by atoms with Gasteiger partial charge in [0.1, 0.15) is 5.78 Å². The highest BCUT2D eigenvalue weighted by molar-refractivity contribution is 5.82. The molecule has 0 aromatic heterocycles. The lowest BCUT2D eigenvalue weighted by atomic mass is 9.75. The van der Waals surface area contributed by atoms with Crippen LogP contribution in [0.25, 0.3) is 0 Å². The van der Waals surface area contributed by atoms with Gasteiger partial charge in [0.15, 0.2) is 0 Å². The van der Waals surface area contributed by atoms with Crippen molar-refractivity contribution >= 4 is 5.78 Å². The fourth-order valence-corrected chi connectivity index (χ4v) is 2.80. The van der Waals surface area contributed by atoms with E-state index >= 15 is 0 Å². The molecule has 19 heavy (non-hydrogen) atoms. The van der Waals surface area contributed by atoms with Gasteiger partial charge in [-0.1, -0.05) is 20.8 Å². The minimum absolute atomic E-state index is 0.137. The molecule has 0 amide bonds. The summed E-state index contributed by atoms with van der Waals surface area (Å²) in [7, 11) is 0. The summed E-state index contributed by atoms with van der Waals surface area (Å²) in [5, 5.41) is 0. The molecule has 0 heterocycles. The fourth-order valence-electron chi connectivity index (χ4n) is 2.80. The van der Waals surface area contributed by atoms with Gasteiger partial charge in [-0.3, -0.25) is 9.69 Å². The van der Waals surface area contributed by atoms with Crippen LogP contribution < -0.4 is 0 Å². The SMILES string of the molecule is CCN(CC1CC(C(C)C)CCC1=O)CC(F)(F)F. The van der Waals surface area contributed by atoms with Crippen LogP contribution >= 0.6 is 0 Å². The Kier molecular flexibility index (Phi) is 5.83. The zero-order valence-electron chi connectivity index (χ0n) is 12.0. The number of nitrogens with zero attached hydrogens (tertiary/aromatic N) is 1. The maximum absolute atomic E-state index is 12.4.